The first kappa shape index (κ1) is 9.52. The van der Waals surface area contributed by atoms with Gasteiger partial charge in [-0.2, -0.15) is 0 Å². The van der Waals surface area contributed by atoms with Crippen LogP contribution >= 0.6 is 0 Å². The maximum absolute atomic E-state index is 11.1. The van der Waals surface area contributed by atoms with E-state index in [1.165, 1.54) is 7.11 Å². The molecule has 0 aromatic heterocycles. The van der Waals surface area contributed by atoms with Crippen LogP contribution in [0.3, 0.4) is 0 Å². The number of rotatable bonds is 3. The molecule has 0 aromatic carbocycles. The summed E-state index contributed by atoms with van der Waals surface area (Å²) >= 11 is 0. The Morgan fingerprint density at radius 2 is 2.33 bits per heavy atom. The van der Waals surface area contributed by atoms with Gasteiger partial charge in [-0.25, -0.2) is 4.79 Å². The lowest BCUT2D eigenvalue weighted by atomic mass is 9.90. The fourth-order valence-corrected chi connectivity index (χ4v) is 1.39. The van der Waals surface area contributed by atoms with Crippen molar-refractivity contribution < 1.29 is 14.3 Å². The molecular formula is C9H16O3. The lowest BCUT2D eigenvalue weighted by Gasteiger charge is -2.12. The number of methoxy groups -OCH3 is 1. The minimum absolute atomic E-state index is 0.252. The normalized spacial score (nSPS) is 35.8. The molecule has 3 atom stereocenters. The zero-order valence-corrected chi connectivity index (χ0v) is 8.09. The lowest BCUT2D eigenvalue weighted by molar-refractivity contribution is -0.142. The molecule has 70 valence electrons. The van der Waals surface area contributed by atoms with E-state index in [2.05, 4.69) is 18.6 Å². The van der Waals surface area contributed by atoms with Gasteiger partial charge in [-0.15, -0.1) is 0 Å². The molecule has 1 fully saturated rings. The van der Waals surface area contributed by atoms with Gasteiger partial charge in [0.15, 0.2) is 6.10 Å². The first-order valence-electron chi connectivity index (χ1n) is 4.32. The number of carbonyl (C=O) groups is 1. The van der Waals surface area contributed by atoms with Crippen LogP contribution in [0, 0.1) is 5.92 Å². The summed E-state index contributed by atoms with van der Waals surface area (Å²) in [6.07, 6.45) is 0.682. The highest BCUT2D eigenvalue weighted by molar-refractivity contribution is 5.79. The van der Waals surface area contributed by atoms with Crippen LogP contribution in [0.25, 0.3) is 0 Å². The molecule has 0 bridgehead atoms. The summed E-state index contributed by atoms with van der Waals surface area (Å²) in [7, 11) is 1.39. The summed E-state index contributed by atoms with van der Waals surface area (Å²) in [5.41, 5.74) is -0.276. The van der Waals surface area contributed by atoms with Crippen LogP contribution in [0.5, 0.6) is 0 Å². The monoisotopic (exact) mass is 172 g/mol. The summed E-state index contributed by atoms with van der Waals surface area (Å²) in [5.74, 6) is 0.152. The van der Waals surface area contributed by atoms with Crippen molar-refractivity contribution in [2.24, 2.45) is 5.92 Å². The van der Waals surface area contributed by atoms with Crippen molar-refractivity contribution in [1.29, 1.82) is 0 Å². The average molecular weight is 172 g/mol. The Morgan fingerprint density at radius 3 is 2.75 bits per heavy atom. The van der Waals surface area contributed by atoms with Crippen molar-refractivity contribution in [2.45, 2.75) is 38.9 Å². The molecular weight excluding hydrogens is 156 g/mol. The molecule has 0 radical (unpaired) electrons. The fraction of sp³-hybridized carbons (Fsp3) is 0.889. The molecule has 3 nitrogen and oxygen atoms in total. The predicted molar refractivity (Wildman–Crippen MR) is 44.7 cm³/mol. The van der Waals surface area contributed by atoms with Gasteiger partial charge < -0.3 is 9.47 Å². The van der Waals surface area contributed by atoms with Crippen molar-refractivity contribution in [1.82, 2.24) is 0 Å². The minimum atomic E-state index is -0.336. The van der Waals surface area contributed by atoms with Crippen molar-refractivity contribution in [3.63, 3.8) is 0 Å². The highest BCUT2D eigenvalue weighted by Crippen LogP contribution is 2.44. The second-order valence-electron chi connectivity index (χ2n) is 3.51. The Kier molecular flexibility index (Phi) is 2.42. The number of ether oxygens (including phenoxy) is 2. The first-order chi connectivity index (χ1) is 5.56. The van der Waals surface area contributed by atoms with E-state index in [9.17, 15) is 4.79 Å². The van der Waals surface area contributed by atoms with Gasteiger partial charge in [0.05, 0.1) is 7.11 Å². The van der Waals surface area contributed by atoms with Crippen LogP contribution < -0.4 is 0 Å². The number of hydrogen-bond donors (Lipinski definition) is 0. The largest absolute Gasteiger partial charge is 0.467 e. The second-order valence-corrected chi connectivity index (χ2v) is 3.51. The maximum atomic E-state index is 11.1. The number of epoxide rings is 1. The maximum Gasteiger partial charge on any atom is 0.338 e. The average Bonchev–Trinajstić information content (AvgIpc) is 2.76. The summed E-state index contributed by atoms with van der Waals surface area (Å²) in [6.45, 7) is 6.14. The SMILES string of the molecule is CC[C@H](C)[C@]1(C)O[C@H]1C(=O)OC. The van der Waals surface area contributed by atoms with Crippen LogP contribution in [0.15, 0.2) is 0 Å². The van der Waals surface area contributed by atoms with E-state index in [0.717, 1.165) is 6.42 Å². The Hall–Kier alpha value is -0.570. The molecule has 1 heterocycles. The third-order valence-electron chi connectivity index (χ3n) is 2.84. The van der Waals surface area contributed by atoms with Crippen LogP contribution in [0.4, 0.5) is 0 Å². The molecule has 0 unspecified atom stereocenters. The summed E-state index contributed by atoms with van der Waals surface area (Å²) in [5, 5.41) is 0. The Balaban J connectivity index is 2.53. The highest BCUT2D eigenvalue weighted by atomic mass is 16.7. The van der Waals surface area contributed by atoms with E-state index >= 15 is 0 Å². The van der Waals surface area contributed by atoms with E-state index in [1.54, 1.807) is 0 Å². The van der Waals surface area contributed by atoms with Crippen molar-refractivity contribution in [2.75, 3.05) is 7.11 Å². The molecule has 0 aromatic rings. The first-order valence-corrected chi connectivity index (χ1v) is 4.32. The molecule has 0 amide bonds. The van der Waals surface area contributed by atoms with E-state index < -0.39 is 0 Å². The van der Waals surface area contributed by atoms with Crippen LogP contribution in [-0.2, 0) is 14.3 Å². The topological polar surface area (TPSA) is 38.8 Å². The summed E-state index contributed by atoms with van der Waals surface area (Å²) in [6, 6.07) is 0. The Bertz CT molecular complexity index is 190. The van der Waals surface area contributed by atoms with Crippen molar-refractivity contribution in [3.05, 3.63) is 0 Å². The quantitative estimate of drug-likeness (QED) is 0.476. The van der Waals surface area contributed by atoms with E-state index in [-0.39, 0.29) is 17.7 Å². The van der Waals surface area contributed by atoms with Gasteiger partial charge in [-0.05, 0) is 12.8 Å². The molecule has 0 saturated carbocycles. The van der Waals surface area contributed by atoms with Crippen LogP contribution in [0.1, 0.15) is 27.2 Å². The third kappa shape index (κ3) is 1.33. The van der Waals surface area contributed by atoms with Gasteiger partial charge in [0.1, 0.15) is 5.60 Å². The predicted octanol–water partition coefficient (Wildman–Crippen LogP) is 1.36. The van der Waals surface area contributed by atoms with Gasteiger partial charge in [0, 0.05) is 0 Å². The number of esters is 1. The Morgan fingerprint density at radius 1 is 1.75 bits per heavy atom. The van der Waals surface area contributed by atoms with Gasteiger partial charge in [0.2, 0.25) is 0 Å². The summed E-state index contributed by atoms with van der Waals surface area (Å²) < 4.78 is 9.94. The molecule has 12 heavy (non-hydrogen) atoms. The molecule has 3 heteroatoms. The molecule has 1 rings (SSSR count). The molecule has 1 aliphatic rings. The van der Waals surface area contributed by atoms with Gasteiger partial charge in [-0.1, -0.05) is 20.3 Å². The van der Waals surface area contributed by atoms with Gasteiger partial charge in [-0.3, -0.25) is 0 Å². The third-order valence-corrected chi connectivity index (χ3v) is 2.84. The standard InChI is InChI=1S/C9H16O3/c1-5-6(2)9(3)7(12-9)8(10)11-4/h6-7H,5H2,1-4H3/t6-,7-,9-/m0/s1. The number of hydrogen-bond acceptors (Lipinski definition) is 3. The second kappa shape index (κ2) is 3.05. The van der Waals surface area contributed by atoms with E-state index in [1.807, 2.05) is 6.92 Å². The zero-order valence-electron chi connectivity index (χ0n) is 8.09. The molecule has 0 aliphatic carbocycles. The van der Waals surface area contributed by atoms with Gasteiger partial charge >= 0.3 is 5.97 Å². The smallest absolute Gasteiger partial charge is 0.338 e. The zero-order chi connectivity index (χ0) is 9.35. The van der Waals surface area contributed by atoms with E-state index in [4.69, 9.17) is 4.74 Å². The van der Waals surface area contributed by atoms with Crippen LogP contribution in [-0.4, -0.2) is 24.8 Å². The Labute approximate surface area is 73.0 Å². The minimum Gasteiger partial charge on any atom is -0.467 e. The number of carbonyl (C=O) groups excluding carboxylic acids is 1. The van der Waals surface area contributed by atoms with Gasteiger partial charge in [0.25, 0.3) is 0 Å². The van der Waals surface area contributed by atoms with Crippen LogP contribution in [0.2, 0.25) is 0 Å². The van der Waals surface area contributed by atoms with E-state index in [0.29, 0.717) is 5.92 Å². The molecule has 0 N–H and O–H groups in total. The van der Waals surface area contributed by atoms with Crippen molar-refractivity contribution >= 4 is 5.97 Å². The van der Waals surface area contributed by atoms with Crippen molar-refractivity contribution in [3.8, 4) is 0 Å². The molecule has 1 saturated heterocycles. The molecule has 1 aliphatic heterocycles. The lowest BCUT2D eigenvalue weighted by Crippen LogP contribution is -2.25. The highest BCUT2D eigenvalue weighted by Gasteiger charge is 2.60. The fourth-order valence-electron chi connectivity index (χ4n) is 1.39. The summed E-state index contributed by atoms with van der Waals surface area (Å²) in [4.78, 5) is 11.1. The molecule has 0 spiro atoms.